The van der Waals surface area contributed by atoms with Gasteiger partial charge in [0.05, 0.1) is 0 Å². The number of halogens is 10. The summed E-state index contributed by atoms with van der Waals surface area (Å²) in [6, 6.07) is 21.7. The molecule has 0 aliphatic carbocycles. The highest BCUT2D eigenvalue weighted by Gasteiger charge is 2.32. The van der Waals surface area contributed by atoms with Crippen molar-refractivity contribution in [1.29, 1.82) is 0 Å². The quantitative estimate of drug-likeness (QED) is 0.0405. The minimum atomic E-state index is -2.45. The van der Waals surface area contributed by atoms with Crippen LogP contribution in [-0.4, -0.2) is 23.8 Å². The molecule has 0 aromatic heterocycles. The van der Waals surface area contributed by atoms with E-state index >= 15 is 0 Å². The highest BCUT2D eigenvalue weighted by atomic mass is 19.2. The molecule has 284 valence electrons. The fourth-order valence-corrected chi connectivity index (χ4v) is 5.14. The van der Waals surface area contributed by atoms with Crippen molar-refractivity contribution in [2.75, 3.05) is 0 Å². The maximum absolute atomic E-state index is 14.3. The molecule has 6 aromatic carbocycles. The zero-order chi connectivity index (χ0) is 40.4. The van der Waals surface area contributed by atoms with E-state index in [0.29, 0.717) is 5.56 Å². The molecule has 0 fully saturated rings. The van der Waals surface area contributed by atoms with E-state index in [9.17, 15) is 58.3 Å². The zero-order valence-electron chi connectivity index (χ0n) is 27.6. The molecule has 0 unspecified atom stereocenters. The van der Waals surface area contributed by atoms with E-state index in [1.54, 1.807) is 30.3 Å². The van der Waals surface area contributed by atoms with Crippen molar-refractivity contribution in [2.45, 2.75) is 6.48 Å². The smallest absolute Gasteiger partial charge is 0.406 e. The molecule has 6 rings (SSSR count). The Kier molecular flexibility index (Phi) is 10.9. The Morgan fingerprint density at radius 1 is 0.339 bits per heavy atom. The minimum Gasteiger partial charge on any atom is -0.423 e. The second-order valence-corrected chi connectivity index (χ2v) is 11.5. The normalized spacial score (nSPS) is 11.1. The van der Waals surface area contributed by atoms with Crippen LogP contribution in [0.2, 0.25) is 0 Å². The Morgan fingerprint density at radius 3 is 1.09 bits per heavy atom. The van der Waals surface area contributed by atoms with Crippen LogP contribution in [0.1, 0.15) is 47.8 Å². The molecule has 6 aromatic rings. The molecule has 0 bridgehead atoms. The van der Waals surface area contributed by atoms with Gasteiger partial charge in [0.1, 0.15) is 28.4 Å². The molecular formula is C40H18F10O6. The Hall–Kier alpha value is -6.97. The Morgan fingerprint density at radius 2 is 0.679 bits per heavy atom. The fraction of sp³-hybridized carbons (Fsp3) is 0.0250. The number of ketones is 3. The van der Waals surface area contributed by atoms with Crippen molar-refractivity contribution in [2.24, 2.45) is 0 Å². The van der Waals surface area contributed by atoms with E-state index in [2.05, 4.69) is 0 Å². The van der Waals surface area contributed by atoms with E-state index in [1.165, 1.54) is 24.3 Å². The predicted octanol–water partition coefficient (Wildman–Crippen LogP) is 9.59. The number of hydrogen-bond donors (Lipinski definition) is 0. The second-order valence-electron chi connectivity index (χ2n) is 11.5. The maximum Gasteiger partial charge on any atom is 0.406 e. The first kappa shape index (κ1) is 38.7. The monoisotopic (exact) mass is 784 g/mol. The molecule has 0 radical (unpaired) electrons. The summed E-state index contributed by atoms with van der Waals surface area (Å²) in [5.74, 6) is -27.5. The van der Waals surface area contributed by atoms with E-state index in [4.69, 9.17) is 14.2 Å². The highest BCUT2D eigenvalue weighted by molar-refractivity contribution is 6.10. The molecule has 0 amide bonds. The molecular weight excluding hydrogens is 766 g/mol. The van der Waals surface area contributed by atoms with Crippen LogP contribution in [0.3, 0.4) is 0 Å². The number of ether oxygens (including phenoxy) is 3. The van der Waals surface area contributed by atoms with Crippen molar-refractivity contribution in [3.05, 3.63) is 195 Å². The summed E-state index contributed by atoms with van der Waals surface area (Å²) in [4.78, 5) is 38.6. The molecule has 0 atom stereocenters. The van der Waals surface area contributed by atoms with E-state index in [-0.39, 0.29) is 22.8 Å². The lowest BCUT2D eigenvalue weighted by Crippen LogP contribution is -2.30. The van der Waals surface area contributed by atoms with Gasteiger partial charge in [0.25, 0.3) is 0 Å². The molecule has 0 saturated carbocycles. The molecule has 0 aliphatic heterocycles. The fourth-order valence-electron chi connectivity index (χ4n) is 5.14. The molecule has 0 spiro atoms. The van der Waals surface area contributed by atoms with Crippen LogP contribution < -0.4 is 14.2 Å². The van der Waals surface area contributed by atoms with Crippen molar-refractivity contribution >= 4 is 17.3 Å². The van der Waals surface area contributed by atoms with Crippen LogP contribution in [0.15, 0.2) is 103 Å². The van der Waals surface area contributed by atoms with Gasteiger partial charge in [-0.1, -0.05) is 42.5 Å². The van der Waals surface area contributed by atoms with Gasteiger partial charge in [-0.3, -0.25) is 14.4 Å². The second kappa shape index (κ2) is 15.8. The topological polar surface area (TPSA) is 78.9 Å². The van der Waals surface area contributed by atoms with Crippen LogP contribution in [0, 0.1) is 58.2 Å². The summed E-state index contributed by atoms with van der Waals surface area (Å²) >= 11 is 0. The van der Waals surface area contributed by atoms with Crippen molar-refractivity contribution < 1.29 is 72.5 Å². The van der Waals surface area contributed by atoms with Crippen molar-refractivity contribution in [3.8, 4) is 17.2 Å². The van der Waals surface area contributed by atoms with E-state index in [1.807, 2.05) is 0 Å². The predicted molar refractivity (Wildman–Crippen MR) is 174 cm³/mol. The average molecular weight is 785 g/mol. The minimum absolute atomic E-state index is 0.0204. The van der Waals surface area contributed by atoms with Gasteiger partial charge in [-0.05, 0) is 60.7 Å². The van der Waals surface area contributed by atoms with E-state index in [0.717, 1.165) is 48.5 Å². The standard InChI is InChI=1S/C40H18F10O6/c41-27-25(28(42)32(46)35(49)31(27)45)38(52)19-9-13-22(14-10-19)54-40(56-24-8-4-7-21(17-24)37(51)18-5-2-1-3-6-18)55-23-15-11-20(12-16-23)39(53)26-29(43)33(47)36(50)34(48)30(26)44/h1-17,40H. The van der Waals surface area contributed by atoms with Gasteiger partial charge in [-0.25, -0.2) is 43.9 Å². The Labute approximate surface area is 308 Å². The average Bonchev–Trinajstić information content (AvgIpc) is 3.21. The zero-order valence-corrected chi connectivity index (χ0v) is 27.6. The molecule has 0 N–H and O–H groups in total. The summed E-state index contributed by atoms with van der Waals surface area (Å²) in [6.45, 7) is -1.83. The first-order chi connectivity index (χ1) is 26.7. The van der Waals surface area contributed by atoms with Gasteiger partial charge in [0, 0.05) is 22.3 Å². The van der Waals surface area contributed by atoms with Crippen molar-refractivity contribution in [1.82, 2.24) is 0 Å². The third-order valence-electron chi connectivity index (χ3n) is 7.94. The number of carbonyl (C=O) groups excluding carboxylic acids is 3. The lowest BCUT2D eigenvalue weighted by molar-refractivity contribution is -0.140. The number of rotatable bonds is 12. The summed E-state index contributed by atoms with van der Waals surface area (Å²) in [5.41, 5.74) is -3.95. The largest absolute Gasteiger partial charge is 0.423 e. The number of carbonyl (C=O) groups is 3. The highest BCUT2D eigenvalue weighted by Crippen LogP contribution is 2.29. The van der Waals surface area contributed by atoms with Gasteiger partial charge < -0.3 is 14.2 Å². The van der Waals surface area contributed by atoms with Crippen LogP contribution in [-0.2, 0) is 0 Å². The maximum atomic E-state index is 14.3. The number of hydrogen-bond acceptors (Lipinski definition) is 6. The third kappa shape index (κ3) is 7.53. The number of benzene rings is 6. The molecule has 0 aliphatic rings. The van der Waals surface area contributed by atoms with Crippen LogP contribution >= 0.6 is 0 Å². The SMILES string of the molecule is O=C(c1ccccc1)c1cccc(OC(Oc2ccc(C(=O)c3c(F)c(F)c(F)c(F)c3F)cc2)Oc2ccc(C(=O)c3c(F)c(F)c(F)c(F)c3F)cc2)c1. The summed E-state index contributed by atoms with van der Waals surface area (Å²) < 4.78 is 156. The van der Waals surface area contributed by atoms with Gasteiger partial charge in [-0.15, -0.1) is 0 Å². The third-order valence-corrected chi connectivity index (χ3v) is 7.94. The lowest BCUT2D eigenvalue weighted by Gasteiger charge is -2.21. The molecule has 56 heavy (non-hydrogen) atoms. The van der Waals surface area contributed by atoms with Gasteiger partial charge in [0.2, 0.25) is 11.6 Å². The van der Waals surface area contributed by atoms with Crippen molar-refractivity contribution in [3.63, 3.8) is 0 Å². The Balaban J connectivity index is 1.28. The van der Waals surface area contributed by atoms with E-state index < -0.39 is 104 Å². The summed E-state index contributed by atoms with van der Waals surface area (Å²) in [6.07, 6.45) is 0. The van der Waals surface area contributed by atoms with Crippen LogP contribution in [0.4, 0.5) is 43.9 Å². The summed E-state index contributed by atoms with van der Waals surface area (Å²) in [5, 5.41) is 0. The Bertz CT molecular complexity index is 2330. The van der Waals surface area contributed by atoms with Crippen LogP contribution in [0.5, 0.6) is 17.2 Å². The molecule has 16 heteroatoms. The van der Waals surface area contributed by atoms with Crippen LogP contribution in [0.25, 0.3) is 0 Å². The lowest BCUT2D eigenvalue weighted by atomic mass is 10.0. The first-order valence-electron chi connectivity index (χ1n) is 15.7. The molecule has 0 saturated heterocycles. The summed E-state index contributed by atoms with van der Waals surface area (Å²) in [7, 11) is 0. The van der Waals surface area contributed by atoms with Gasteiger partial charge >= 0.3 is 6.48 Å². The molecule has 6 nitrogen and oxygen atoms in total. The van der Waals surface area contributed by atoms with Gasteiger partial charge in [0.15, 0.2) is 63.9 Å². The first-order valence-corrected chi connectivity index (χ1v) is 15.7. The van der Waals surface area contributed by atoms with Gasteiger partial charge in [-0.2, -0.15) is 0 Å². The molecule has 0 heterocycles.